The fourth-order valence-corrected chi connectivity index (χ4v) is 9.32. The van der Waals surface area contributed by atoms with E-state index >= 15 is 0 Å². The molecule has 0 spiro atoms. The molecule has 0 saturated heterocycles. The first-order chi connectivity index (χ1) is 36.2. The van der Waals surface area contributed by atoms with Crippen molar-refractivity contribution in [3.05, 3.63) is 217 Å². The van der Waals surface area contributed by atoms with E-state index in [9.17, 15) is 2.74 Å². The van der Waals surface area contributed by atoms with E-state index in [1.165, 1.54) is 5.56 Å². The number of pyridine rings is 2. The second-order valence-corrected chi connectivity index (χ2v) is 21.3. The smallest absolute Gasteiger partial charge is 0.269 e. The zero-order chi connectivity index (χ0) is 53.6. The molecule has 0 aliphatic rings. The predicted octanol–water partition coefficient (Wildman–Crippen LogP) is 15.9. The van der Waals surface area contributed by atoms with Gasteiger partial charge in [0, 0.05) is 38.5 Å². The number of fused-ring (bicyclic) bond motifs is 4. The van der Waals surface area contributed by atoms with Gasteiger partial charge in [-0.15, -0.1) is 17.5 Å². The molecule has 11 rings (SSSR count). The van der Waals surface area contributed by atoms with Crippen molar-refractivity contribution in [2.24, 2.45) is 0 Å². The summed E-state index contributed by atoms with van der Waals surface area (Å²) in [5.41, 5.74) is 10.9. The monoisotopic (exact) mass is 1120 g/mol. The van der Waals surface area contributed by atoms with E-state index < -0.39 is 18.1 Å². The van der Waals surface area contributed by atoms with Crippen LogP contribution in [0.2, 0.25) is 0 Å². The summed E-state index contributed by atoms with van der Waals surface area (Å²) < 4.78 is 57.5. The minimum Gasteiger partial charge on any atom is -0.522 e. The van der Waals surface area contributed by atoms with Crippen molar-refractivity contribution < 1.29 is 37.2 Å². The number of benzene rings is 7. The third-order valence-corrected chi connectivity index (χ3v) is 13.3. The number of ether oxygens (including phenoxy) is 1. The number of hydrogen-bond donors (Lipinski definition) is 0. The number of nitrogens with zero attached hydrogens (tertiary/aromatic N) is 5. The summed E-state index contributed by atoms with van der Waals surface area (Å²) in [5.74, 6) is 2.05. The second kappa shape index (κ2) is 18.6. The van der Waals surface area contributed by atoms with E-state index in [-0.39, 0.29) is 55.0 Å². The van der Waals surface area contributed by atoms with Crippen LogP contribution in [0.25, 0.3) is 83.5 Å². The first-order valence-corrected chi connectivity index (χ1v) is 24.1. The number of para-hydroxylation sites is 2. The molecule has 4 aromatic heterocycles. The summed E-state index contributed by atoms with van der Waals surface area (Å²) in [4.78, 5) is 9.73. The minimum absolute atomic E-state index is 0. The van der Waals surface area contributed by atoms with E-state index in [1.807, 2.05) is 76.0 Å². The second-order valence-electron chi connectivity index (χ2n) is 21.3. The Morgan fingerprint density at radius 3 is 1.92 bits per heavy atom. The van der Waals surface area contributed by atoms with E-state index in [1.54, 1.807) is 12.3 Å². The molecule has 0 atom stereocenters. The van der Waals surface area contributed by atoms with Gasteiger partial charge in [0.25, 0.3) is 6.33 Å². The van der Waals surface area contributed by atoms with Crippen LogP contribution in [0.3, 0.4) is 0 Å². The normalized spacial score (nSPS) is 13.1. The molecule has 0 aliphatic heterocycles. The van der Waals surface area contributed by atoms with E-state index in [0.29, 0.717) is 28.6 Å². The minimum atomic E-state index is -0.459. The first kappa shape index (κ1) is 42.3. The van der Waals surface area contributed by atoms with Crippen molar-refractivity contribution >= 4 is 32.8 Å². The molecule has 7 aromatic carbocycles. The Labute approximate surface area is 444 Å². The zero-order valence-corrected chi connectivity index (χ0v) is 44.2. The van der Waals surface area contributed by atoms with Crippen molar-refractivity contribution in [1.29, 1.82) is 0 Å². The maximum atomic E-state index is 9.33. The molecule has 0 unspecified atom stereocenters. The summed E-state index contributed by atoms with van der Waals surface area (Å²) in [5, 5.41) is 2.09. The standard InChI is InChI=1S/C65H57N5O.Pt/c1-63(2,3)47-31-33-67-61(39-47)70-56-26-17-16-23-54(56)55-29-28-50(40-58(55)70)71-51-32-34-66-60(41-51)68-42-69(59-37-45(27-30-57(59)68)43-19-12-10-13-20-43)62-52(44-21-14-11-15-22-44)24-18-25-53(62)46-35-48(64(4,5)6)38-49(36-46)65(7,8)9;/h10-39H,1-9H3;/q-2;/i11D,14D,15D,21D,22D;. The number of hydrogen-bond acceptors (Lipinski definition) is 3. The number of rotatable bonds is 8. The summed E-state index contributed by atoms with van der Waals surface area (Å²) in [7, 11) is 0. The third-order valence-electron chi connectivity index (χ3n) is 13.3. The Balaban J connectivity index is 0.00000672. The van der Waals surface area contributed by atoms with Crippen LogP contribution in [-0.2, 0) is 37.3 Å². The molecule has 0 saturated carbocycles. The Kier molecular flexibility index (Phi) is 11.0. The third kappa shape index (κ3) is 9.10. The van der Waals surface area contributed by atoms with Crippen LogP contribution in [0, 0.1) is 18.5 Å². The van der Waals surface area contributed by atoms with Gasteiger partial charge in [-0.3, -0.25) is 14.1 Å². The van der Waals surface area contributed by atoms with E-state index in [0.717, 1.165) is 72.0 Å². The van der Waals surface area contributed by atoms with E-state index in [4.69, 9.17) is 18.8 Å². The Hall–Kier alpha value is -7.40. The van der Waals surface area contributed by atoms with Crippen LogP contribution in [0.1, 0.15) is 85.9 Å². The summed E-state index contributed by atoms with van der Waals surface area (Å²) in [6.07, 6.45) is 7.22. The summed E-state index contributed by atoms with van der Waals surface area (Å²) in [6.45, 7) is 19.8. The SMILES string of the molecule is [2H]c1c([2H])c([2H])c(-c2cccc(-c3cc(C(C)(C)C)cc(C(C)(C)C)c3)c2-[n+]2[c-]n(-c3[c-]c(Oc4[c-]c5c(cc4)c4ccccc4n5-c4cc(C(C)(C)C)ccn4)ccn3)c3ccc(-c4ccccc4)cc32)c([2H])c1[2H].[Pt]. The maximum absolute atomic E-state index is 9.33. The van der Waals surface area contributed by atoms with Crippen LogP contribution < -0.4 is 9.30 Å². The Morgan fingerprint density at radius 2 is 1.19 bits per heavy atom. The molecular weight excluding hydrogens is 1060 g/mol. The van der Waals surface area contributed by atoms with Gasteiger partial charge in [-0.1, -0.05) is 201 Å². The van der Waals surface area contributed by atoms with Gasteiger partial charge in [-0.2, -0.15) is 18.2 Å². The summed E-state index contributed by atoms with van der Waals surface area (Å²) in [6, 6.07) is 52.1. The first-order valence-electron chi connectivity index (χ1n) is 26.6. The maximum Gasteiger partial charge on any atom is 0.269 e. The largest absolute Gasteiger partial charge is 0.522 e. The molecule has 4 heterocycles. The average molecular weight is 1120 g/mol. The molecule has 0 fully saturated rings. The van der Waals surface area contributed by atoms with Crippen LogP contribution in [0.4, 0.5) is 0 Å². The van der Waals surface area contributed by atoms with Crippen LogP contribution in [-0.4, -0.2) is 19.1 Å². The predicted molar refractivity (Wildman–Crippen MR) is 290 cm³/mol. The van der Waals surface area contributed by atoms with Gasteiger partial charge in [0.1, 0.15) is 5.82 Å². The number of imidazole rings is 1. The molecule has 0 N–H and O–H groups in total. The molecule has 72 heavy (non-hydrogen) atoms. The van der Waals surface area contributed by atoms with Crippen molar-refractivity contribution in [2.75, 3.05) is 0 Å². The van der Waals surface area contributed by atoms with Crippen LogP contribution >= 0.6 is 0 Å². The number of aromatic nitrogens is 5. The van der Waals surface area contributed by atoms with Gasteiger partial charge in [-0.05, 0) is 102 Å². The quantitative estimate of drug-likeness (QED) is 0.113. The molecule has 11 aromatic rings. The van der Waals surface area contributed by atoms with Gasteiger partial charge in [-0.25, -0.2) is 4.98 Å². The molecule has 360 valence electrons. The fraction of sp³-hybridized carbons (Fsp3) is 0.185. The molecular formula is C65H57N5OPt-2. The molecule has 7 heteroatoms. The van der Waals surface area contributed by atoms with E-state index in [2.05, 4.69) is 158 Å². The van der Waals surface area contributed by atoms with Crippen molar-refractivity contribution in [2.45, 2.75) is 78.6 Å². The van der Waals surface area contributed by atoms with Crippen LogP contribution in [0.15, 0.2) is 182 Å². The van der Waals surface area contributed by atoms with Crippen molar-refractivity contribution in [3.8, 4) is 62.2 Å². The average Bonchev–Trinajstić information content (AvgIpc) is 3.97. The zero-order valence-electron chi connectivity index (χ0n) is 46.9. The molecule has 0 bridgehead atoms. The molecule has 0 amide bonds. The van der Waals surface area contributed by atoms with Gasteiger partial charge < -0.3 is 9.30 Å². The van der Waals surface area contributed by atoms with Gasteiger partial charge >= 0.3 is 0 Å². The van der Waals surface area contributed by atoms with Gasteiger partial charge in [0.05, 0.1) is 29.4 Å². The van der Waals surface area contributed by atoms with Gasteiger partial charge in [0.2, 0.25) is 0 Å². The summed E-state index contributed by atoms with van der Waals surface area (Å²) >= 11 is 0. The van der Waals surface area contributed by atoms with Crippen LogP contribution in [0.5, 0.6) is 11.5 Å². The molecule has 0 radical (unpaired) electrons. The van der Waals surface area contributed by atoms with Crippen molar-refractivity contribution in [3.63, 3.8) is 0 Å². The molecule has 6 nitrogen and oxygen atoms in total. The fourth-order valence-electron chi connectivity index (χ4n) is 9.32. The molecule has 0 aliphatic carbocycles. The Morgan fingerprint density at radius 1 is 0.528 bits per heavy atom. The van der Waals surface area contributed by atoms with Crippen molar-refractivity contribution in [1.82, 2.24) is 19.1 Å². The topological polar surface area (TPSA) is 48.8 Å². The van der Waals surface area contributed by atoms with Gasteiger partial charge in [0.15, 0.2) is 0 Å². The Bertz CT molecular complexity index is 4050.